The Labute approximate surface area is 82.1 Å². The highest BCUT2D eigenvalue weighted by Crippen LogP contribution is 2.25. The van der Waals surface area contributed by atoms with E-state index in [1.54, 1.807) is 6.07 Å². The van der Waals surface area contributed by atoms with Crippen LogP contribution in [0.1, 0.15) is 13.8 Å². The first-order chi connectivity index (χ1) is 6.50. The molecule has 0 atom stereocenters. The zero-order valence-electron chi connectivity index (χ0n) is 8.15. The van der Waals surface area contributed by atoms with Gasteiger partial charge in [-0.25, -0.2) is 0 Å². The van der Waals surface area contributed by atoms with Gasteiger partial charge in [-0.15, -0.1) is 0 Å². The van der Waals surface area contributed by atoms with E-state index in [0.717, 1.165) is 0 Å². The van der Waals surface area contributed by atoms with Gasteiger partial charge in [-0.05, 0) is 26.0 Å². The number of nitro groups is 1. The number of hydrogen-bond donors (Lipinski definition) is 2. The molecule has 3 N–H and O–H groups in total. The van der Waals surface area contributed by atoms with Crippen molar-refractivity contribution < 1.29 is 4.92 Å². The normalized spacial score (nSPS) is 10.2. The first-order valence-electron chi connectivity index (χ1n) is 4.31. The van der Waals surface area contributed by atoms with Crippen LogP contribution in [0.5, 0.6) is 0 Å². The minimum Gasteiger partial charge on any atom is -0.393 e. The third-order valence-electron chi connectivity index (χ3n) is 1.68. The van der Waals surface area contributed by atoms with Crippen molar-refractivity contribution >= 4 is 17.1 Å². The summed E-state index contributed by atoms with van der Waals surface area (Å²) in [6.45, 7) is 3.92. The molecule has 0 saturated heterocycles. The van der Waals surface area contributed by atoms with E-state index < -0.39 is 4.92 Å². The molecule has 5 nitrogen and oxygen atoms in total. The van der Waals surface area contributed by atoms with Crippen molar-refractivity contribution in [2.75, 3.05) is 11.1 Å². The van der Waals surface area contributed by atoms with E-state index in [1.807, 2.05) is 13.8 Å². The van der Waals surface area contributed by atoms with Crippen LogP contribution in [0, 0.1) is 10.1 Å². The van der Waals surface area contributed by atoms with Crippen molar-refractivity contribution in [1.82, 2.24) is 0 Å². The molecule has 0 saturated carbocycles. The van der Waals surface area contributed by atoms with Crippen LogP contribution in [0.15, 0.2) is 18.2 Å². The van der Waals surface area contributed by atoms with Crippen LogP contribution >= 0.6 is 0 Å². The average Bonchev–Trinajstić information content (AvgIpc) is 2.07. The van der Waals surface area contributed by atoms with Gasteiger partial charge in [0.15, 0.2) is 0 Å². The molecule has 0 fully saturated rings. The highest BCUT2D eigenvalue weighted by molar-refractivity contribution is 5.65. The van der Waals surface area contributed by atoms with E-state index in [1.165, 1.54) is 12.1 Å². The van der Waals surface area contributed by atoms with Gasteiger partial charge in [0, 0.05) is 17.8 Å². The van der Waals surface area contributed by atoms with Gasteiger partial charge < -0.3 is 11.1 Å². The SMILES string of the molecule is CC(C)Nc1ccc(N)c([N+](=O)[O-])c1. The monoisotopic (exact) mass is 195 g/mol. The Kier molecular flexibility index (Phi) is 2.91. The summed E-state index contributed by atoms with van der Waals surface area (Å²) in [5, 5.41) is 13.6. The lowest BCUT2D eigenvalue weighted by molar-refractivity contribution is -0.383. The van der Waals surface area contributed by atoms with Gasteiger partial charge in [0.25, 0.3) is 5.69 Å². The molecule has 0 amide bonds. The van der Waals surface area contributed by atoms with Gasteiger partial charge in [-0.1, -0.05) is 0 Å². The van der Waals surface area contributed by atoms with Crippen LogP contribution in [0.25, 0.3) is 0 Å². The van der Waals surface area contributed by atoms with Crippen LogP contribution in [-0.4, -0.2) is 11.0 Å². The van der Waals surface area contributed by atoms with Crippen molar-refractivity contribution in [3.63, 3.8) is 0 Å². The standard InChI is InChI=1S/C9H13N3O2/c1-6(2)11-7-3-4-8(10)9(5-7)12(13)14/h3-6,11H,10H2,1-2H3. The number of rotatable bonds is 3. The second-order valence-electron chi connectivity index (χ2n) is 3.33. The minimum atomic E-state index is -0.485. The third-order valence-corrected chi connectivity index (χ3v) is 1.68. The summed E-state index contributed by atoms with van der Waals surface area (Å²) in [6.07, 6.45) is 0. The fraction of sp³-hybridized carbons (Fsp3) is 0.333. The maximum atomic E-state index is 10.6. The van der Waals surface area contributed by atoms with Crippen molar-refractivity contribution in [3.8, 4) is 0 Å². The second-order valence-corrected chi connectivity index (χ2v) is 3.33. The maximum absolute atomic E-state index is 10.6. The Morgan fingerprint density at radius 3 is 2.64 bits per heavy atom. The van der Waals surface area contributed by atoms with Crippen LogP contribution in [0.3, 0.4) is 0 Å². The van der Waals surface area contributed by atoms with E-state index in [9.17, 15) is 10.1 Å². The molecule has 5 heteroatoms. The largest absolute Gasteiger partial charge is 0.393 e. The van der Waals surface area contributed by atoms with E-state index in [2.05, 4.69) is 5.32 Å². The van der Waals surface area contributed by atoms with E-state index in [-0.39, 0.29) is 17.4 Å². The molecule has 14 heavy (non-hydrogen) atoms. The first-order valence-corrected chi connectivity index (χ1v) is 4.31. The summed E-state index contributed by atoms with van der Waals surface area (Å²) < 4.78 is 0. The fourth-order valence-corrected chi connectivity index (χ4v) is 1.12. The van der Waals surface area contributed by atoms with Crippen molar-refractivity contribution in [1.29, 1.82) is 0 Å². The highest BCUT2D eigenvalue weighted by atomic mass is 16.6. The first kappa shape index (κ1) is 10.3. The maximum Gasteiger partial charge on any atom is 0.294 e. The summed E-state index contributed by atoms with van der Waals surface area (Å²) in [5.41, 5.74) is 6.29. The third kappa shape index (κ3) is 2.35. The van der Waals surface area contributed by atoms with Crippen molar-refractivity contribution in [3.05, 3.63) is 28.3 Å². The molecule has 1 aromatic carbocycles. The Morgan fingerprint density at radius 2 is 2.14 bits per heavy atom. The molecule has 0 aliphatic carbocycles. The van der Waals surface area contributed by atoms with Crippen LogP contribution in [0.4, 0.5) is 17.1 Å². The molecular weight excluding hydrogens is 182 g/mol. The Balaban J connectivity index is 3.00. The zero-order chi connectivity index (χ0) is 10.7. The van der Waals surface area contributed by atoms with Crippen molar-refractivity contribution in [2.24, 2.45) is 0 Å². The quantitative estimate of drug-likeness (QED) is 0.439. The van der Waals surface area contributed by atoms with Gasteiger partial charge in [0.1, 0.15) is 5.69 Å². The van der Waals surface area contributed by atoms with Crippen molar-refractivity contribution in [2.45, 2.75) is 19.9 Å². The summed E-state index contributed by atoms with van der Waals surface area (Å²) in [7, 11) is 0. The summed E-state index contributed by atoms with van der Waals surface area (Å²) in [4.78, 5) is 10.1. The van der Waals surface area contributed by atoms with E-state index in [0.29, 0.717) is 5.69 Å². The molecule has 76 valence electrons. The molecule has 0 radical (unpaired) electrons. The number of hydrogen-bond acceptors (Lipinski definition) is 4. The second kappa shape index (κ2) is 3.95. The van der Waals surface area contributed by atoms with Gasteiger partial charge in [-0.2, -0.15) is 0 Å². The molecule has 0 unspecified atom stereocenters. The van der Waals surface area contributed by atoms with Gasteiger partial charge in [0.2, 0.25) is 0 Å². The molecule has 0 aliphatic rings. The molecule has 0 spiro atoms. The number of nitrogens with one attached hydrogen (secondary N) is 1. The minimum absolute atomic E-state index is 0.0596. The fourth-order valence-electron chi connectivity index (χ4n) is 1.12. The van der Waals surface area contributed by atoms with Gasteiger partial charge in [0.05, 0.1) is 4.92 Å². The Bertz CT molecular complexity index is 350. The average molecular weight is 195 g/mol. The predicted octanol–water partition coefficient (Wildman–Crippen LogP) is 2.00. The number of nitro benzene ring substituents is 1. The number of benzene rings is 1. The summed E-state index contributed by atoms with van der Waals surface area (Å²) in [5.74, 6) is 0. The number of nitrogens with two attached hydrogens (primary N) is 1. The molecular formula is C9H13N3O2. The highest BCUT2D eigenvalue weighted by Gasteiger charge is 2.11. The van der Waals surface area contributed by atoms with E-state index in [4.69, 9.17) is 5.73 Å². The predicted molar refractivity (Wildman–Crippen MR) is 56.3 cm³/mol. The lowest BCUT2D eigenvalue weighted by Crippen LogP contribution is -2.10. The summed E-state index contributed by atoms with van der Waals surface area (Å²) >= 11 is 0. The van der Waals surface area contributed by atoms with Crippen LogP contribution in [0.2, 0.25) is 0 Å². The van der Waals surface area contributed by atoms with E-state index >= 15 is 0 Å². The molecule has 0 heterocycles. The number of anilines is 2. The Hall–Kier alpha value is -1.78. The van der Waals surface area contributed by atoms with Gasteiger partial charge >= 0.3 is 0 Å². The lowest BCUT2D eigenvalue weighted by Gasteiger charge is -2.09. The van der Waals surface area contributed by atoms with Crippen LogP contribution < -0.4 is 11.1 Å². The molecule has 0 aliphatic heterocycles. The molecule has 0 bridgehead atoms. The van der Waals surface area contributed by atoms with Crippen LogP contribution in [-0.2, 0) is 0 Å². The topological polar surface area (TPSA) is 81.2 Å². The Morgan fingerprint density at radius 1 is 1.50 bits per heavy atom. The smallest absolute Gasteiger partial charge is 0.294 e. The molecule has 1 rings (SSSR count). The lowest BCUT2D eigenvalue weighted by atomic mass is 10.2. The number of nitrogen functional groups attached to an aromatic ring is 1. The molecule has 0 aromatic heterocycles. The summed E-state index contributed by atoms with van der Waals surface area (Å²) in [6, 6.07) is 4.93. The van der Waals surface area contributed by atoms with Gasteiger partial charge in [-0.3, -0.25) is 10.1 Å². The number of nitrogens with zero attached hydrogens (tertiary/aromatic N) is 1. The zero-order valence-corrected chi connectivity index (χ0v) is 8.15. The molecule has 1 aromatic rings.